The van der Waals surface area contributed by atoms with Gasteiger partial charge in [0.1, 0.15) is 0 Å². The van der Waals surface area contributed by atoms with Gasteiger partial charge in [-0.2, -0.15) is 0 Å². The Morgan fingerprint density at radius 2 is 2.27 bits per heavy atom. The first kappa shape index (κ1) is 11.1. The Bertz CT molecular complexity index is 345. The van der Waals surface area contributed by atoms with Crippen molar-refractivity contribution in [1.82, 2.24) is 10.3 Å². The van der Waals surface area contributed by atoms with Gasteiger partial charge in [-0.1, -0.05) is 13.3 Å². The van der Waals surface area contributed by atoms with E-state index in [2.05, 4.69) is 38.0 Å². The Kier molecular flexibility index (Phi) is 3.12. The molecule has 3 heteroatoms. The lowest BCUT2D eigenvalue weighted by molar-refractivity contribution is 0.529. The molecule has 1 fully saturated rings. The third kappa shape index (κ3) is 2.40. The van der Waals surface area contributed by atoms with Crippen molar-refractivity contribution in [2.24, 2.45) is 5.92 Å². The SMILES string of the molecule is CCC1CC1NC(C)c1nc(C)sc1C. The number of hydrogen-bond donors (Lipinski definition) is 1. The minimum atomic E-state index is 0.413. The summed E-state index contributed by atoms with van der Waals surface area (Å²) in [5.74, 6) is 0.910. The van der Waals surface area contributed by atoms with Crippen LogP contribution < -0.4 is 5.32 Å². The molecule has 0 amide bonds. The van der Waals surface area contributed by atoms with Gasteiger partial charge in [0.15, 0.2) is 0 Å². The Hall–Kier alpha value is -0.410. The molecule has 1 aliphatic rings. The molecule has 1 N–H and O–H groups in total. The highest BCUT2D eigenvalue weighted by atomic mass is 32.1. The highest BCUT2D eigenvalue weighted by molar-refractivity contribution is 7.11. The highest BCUT2D eigenvalue weighted by Gasteiger charge is 2.36. The molecule has 0 spiro atoms. The van der Waals surface area contributed by atoms with Crippen molar-refractivity contribution in [1.29, 1.82) is 0 Å². The second kappa shape index (κ2) is 4.22. The van der Waals surface area contributed by atoms with Crippen molar-refractivity contribution < 1.29 is 0 Å². The molecule has 1 heterocycles. The fourth-order valence-electron chi connectivity index (χ4n) is 2.25. The van der Waals surface area contributed by atoms with Crippen LogP contribution in [0.1, 0.15) is 48.3 Å². The van der Waals surface area contributed by atoms with E-state index in [1.54, 1.807) is 11.3 Å². The summed E-state index contributed by atoms with van der Waals surface area (Å²) in [5.41, 5.74) is 1.25. The quantitative estimate of drug-likeness (QED) is 0.849. The van der Waals surface area contributed by atoms with E-state index in [-0.39, 0.29) is 0 Å². The number of rotatable bonds is 4. The lowest BCUT2D eigenvalue weighted by Gasteiger charge is -2.12. The first-order valence-corrected chi connectivity index (χ1v) is 6.63. The minimum Gasteiger partial charge on any atom is -0.306 e. The van der Waals surface area contributed by atoms with Crippen molar-refractivity contribution in [2.75, 3.05) is 0 Å². The first-order valence-electron chi connectivity index (χ1n) is 5.81. The molecule has 15 heavy (non-hydrogen) atoms. The van der Waals surface area contributed by atoms with Gasteiger partial charge in [-0.3, -0.25) is 0 Å². The molecule has 2 rings (SSSR count). The topological polar surface area (TPSA) is 24.9 Å². The van der Waals surface area contributed by atoms with Crippen molar-refractivity contribution in [3.05, 3.63) is 15.6 Å². The molecule has 3 unspecified atom stereocenters. The number of nitrogens with one attached hydrogen (secondary N) is 1. The smallest absolute Gasteiger partial charge is 0.0900 e. The molecule has 1 saturated carbocycles. The fraction of sp³-hybridized carbons (Fsp3) is 0.750. The summed E-state index contributed by atoms with van der Waals surface area (Å²) in [4.78, 5) is 5.96. The molecule has 0 aliphatic heterocycles. The van der Waals surface area contributed by atoms with Gasteiger partial charge in [-0.25, -0.2) is 4.98 Å². The molecule has 0 aromatic carbocycles. The van der Waals surface area contributed by atoms with Crippen LogP contribution in [0.3, 0.4) is 0 Å². The average Bonchev–Trinajstić information content (AvgIpc) is 2.83. The van der Waals surface area contributed by atoms with E-state index in [0.29, 0.717) is 6.04 Å². The molecule has 1 aromatic rings. The van der Waals surface area contributed by atoms with Crippen molar-refractivity contribution >= 4 is 11.3 Å². The largest absolute Gasteiger partial charge is 0.306 e. The van der Waals surface area contributed by atoms with E-state index in [0.717, 1.165) is 12.0 Å². The Morgan fingerprint density at radius 1 is 1.53 bits per heavy atom. The van der Waals surface area contributed by atoms with E-state index in [4.69, 9.17) is 0 Å². The van der Waals surface area contributed by atoms with Gasteiger partial charge in [0.2, 0.25) is 0 Å². The monoisotopic (exact) mass is 224 g/mol. The van der Waals surface area contributed by atoms with Gasteiger partial charge in [-0.15, -0.1) is 11.3 Å². The second-order valence-corrected chi connectivity index (χ2v) is 5.98. The number of nitrogens with zero attached hydrogens (tertiary/aromatic N) is 1. The highest BCUT2D eigenvalue weighted by Crippen LogP contribution is 2.35. The third-order valence-electron chi connectivity index (χ3n) is 3.26. The van der Waals surface area contributed by atoms with E-state index in [9.17, 15) is 0 Å². The maximum Gasteiger partial charge on any atom is 0.0900 e. The minimum absolute atomic E-state index is 0.413. The zero-order valence-corrected chi connectivity index (χ0v) is 10.8. The number of thiazole rings is 1. The van der Waals surface area contributed by atoms with Gasteiger partial charge in [0.05, 0.1) is 10.7 Å². The predicted octanol–water partition coefficient (Wildman–Crippen LogP) is 3.21. The molecule has 1 aromatic heterocycles. The van der Waals surface area contributed by atoms with Gasteiger partial charge >= 0.3 is 0 Å². The third-order valence-corrected chi connectivity index (χ3v) is 4.16. The number of hydrogen-bond acceptors (Lipinski definition) is 3. The van der Waals surface area contributed by atoms with Crippen LogP contribution in [0.25, 0.3) is 0 Å². The lowest BCUT2D eigenvalue weighted by atomic mass is 10.2. The molecule has 0 radical (unpaired) electrons. The first-order chi connectivity index (χ1) is 7.11. The molecule has 0 saturated heterocycles. The normalized spacial score (nSPS) is 26.7. The Balaban J connectivity index is 1.96. The van der Waals surface area contributed by atoms with Crippen LogP contribution in [-0.4, -0.2) is 11.0 Å². The summed E-state index contributed by atoms with van der Waals surface area (Å²) in [7, 11) is 0. The average molecular weight is 224 g/mol. The molecule has 1 aliphatic carbocycles. The Labute approximate surface area is 96.1 Å². The molecule has 84 valence electrons. The summed E-state index contributed by atoms with van der Waals surface area (Å²) >= 11 is 1.80. The zero-order chi connectivity index (χ0) is 11.0. The molecular weight excluding hydrogens is 204 g/mol. The van der Waals surface area contributed by atoms with Crippen LogP contribution in [0, 0.1) is 19.8 Å². The van der Waals surface area contributed by atoms with Crippen molar-refractivity contribution in [3.63, 3.8) is 0 Å². The van der Waals surface area contributed by atoms with Crippen LogP contribution >= 0.6 is 11.3 Å². The summed E-state index contributed by atoms with van der Waals surface area (Å²) in [6.45, 7) is 8.75. The summed E-state index contributed by atoms with van der Waals surface area (Å²) < 4.78 is 0. The zero-order valence-electron chi connectivity index (χ0n) is 10.0. The van der Waals surface area contributed by atoms with Gasteiger partial charge in [-0.05, 0) is 33.1 Å². The lowest BCUT2D eigenvalue weighted by Crippen LogP contribution is -2.23. The maximum atomic E-state index is 4.60. The van der Waals surface area contributed by atoms with E-state index >= 15 is 0 Å². The van der Waals surface area contributed by atoms with E-state index in [1.807, 2.05) is 0 Å². The van der Waals surface area contributed by atoms with Crippen molar-refractivity contribution in [2.45, 2.75) is 52.6 Å². The molecule has 0 bridgehead atoms. The van der Waals surface area contributed by atoms with Gasteiger partial charge < -0.3 is 5.32 Å². The second-order valence-electron chi connectivity index (χ2n) is 4.57. The number of aromatic nitrogens is 1. The van der Waals surface area contributed by atoms with Crippen LogP contribution in [0.2, 0.25) is 0 Å². The maximum absolute atomic E-state index is 4.60. The van der Waals surface area contributed by atoms with Crippen LogP contribution in [-0.2, 0) is 0 Å². The summed E-state index contributed by atoms with van der Waals surface area (Å²) in [6.07, 6.45) is 2.66. The van der Waals surface area contributed by atoms with Gasteiger partial charge in [0, 0.05) is 17.0 Å². The van der Waals surface area contributed by atoms with Crippen LogP contribution in [0.4, 0.5) is 0 Å². The molecule has 3 atom stereocenters. The standard InChI is InChI=1S/C12H20N2S/c1-5-10-6-11(10)13-7(2)12-8(3)15-9(4)14-12/h7,10-11,13H,5-6H2,1-4H3. The fourth-order valence-corrected chi connectivity index (χ4v) is 3.16. The number of aryl methyl sites for hydroxylation is 2. The van der Waals surface area contributed by atoms with E-state index < -0.39 is 0 Å². The Morgan fingerprint density at radius 3 is 2.73 bits per heavy atom. The molecular formula is C12H20N2S. The van der Waals surface area contributed by atoms with Gasteiger partial charge in [0.25, 0.3) is 0 Å². The molecule has 2 nitrogen and oxygen atoms in total. The van der Waals surface area contributed by atoms with E-state index in [1.165, 1.54) is 28.4 Å². The van der Waals surface area contributed by atoms with Crippen LogP contribution in [0.5, 0.6) is 0 Å². The summed E-state index contributed by atoms with van der Waals surface area (Å²) in [6, 6.07) is 1.16. The van der Waals surface area contributed by atoms with Crippen molar-refractivity contribution in [3.8, 4) is 0 Å². The van der Waals surface area contributed by atoms with Crippen LogP contribution in [0.15, 0.2) is 0 Å². The predicted molar refractivity (Wildman–Crippen MR) is 65.3 cm³/mol. The summed E-state index contributed by atoms with van der Waals surface area (Å²) in [5, 5.41) is 4.85.